The number of nitrogens with two attached hydrogens (primary N) is 1. The normalized spacial score (nSPS) is 23.4. The zero-order valence-electron chi connectivity index (χ0n) is 12.3. The third-order valence-electron chi connectivity index (χ3n) is 4.28. The highest BCUT2D eigenvalue weighted by Gasteiger charge is 2.27. The van der Waals surface area contributed by atoms with E-state index in [1.165, 1.54) is 25.7 Å². The maximum Gasteiger partial charge on any atom is 0.121 e. The molecule has 2 atom stereocenters. The van der Waals surface area contributed by atoms with E-state index in [1.54, 1.807) is 7.11 Å². The minimum absolute atomic E-state index is 0.546. The van der Waals surface area contributed by atoms with Gasteiger partial charge in [0.05, 0.1) is 18.5 Å². The minimum atomic E-state index is 0.546. The summed E-state index contributed by atoms with van der Waals surface area (Å²) in [6.07, 6.45) is 5.25. The Kier molecular flexibility index (Phi) is 4.56. The van der Waals surface area contributed by atoms with Crippen molar-refractivity contribution in [3.05, 3.63) is 18.2 Å². The van der Waals surface area contributed by atoms with E-state index >= 15 is 0 Å². The second kappa shape index (κ2) is 6.18. The third-order valence-corrected chi connectivity index (χ3v) is 4.28. The molecular formula is C16H26N2O. The first-order valence-electron chi connectivity index (χ1n) is 7.32. The van der Waals surface area contributed by atoms with Gasteiger partial charge >= 0.3 is 0 Å². The van der Waals surface area contributed by atoms with Crippen LogP contribution in [-0.4, -0.2) is 13.2 Å². The lowest BCUT2D eigenvalue weighted by molar-refractivity contribution is 0.254. The van der Waals surface area contributed by atoms with E-state index in [0.29, 0.717) is 6.04 Å². The summed E-state index contributed by atoms with van der Waals surface area (Å²) in [7, 11) is 1.66. The van der Waals surface area contributed by atoms with Gasteiger partial charge in [-0.25, -0.2) is 0 Å². The lowest BCUT2D eigenvalue weighted by Crippen LogP contribution is -2.35. The summed E-state index contributed by atoms with van der Waals surface area (Å²) in [5.41, 5.74) is 7.90. The highest BCUT2D eigenvalue weighted by Crippen LogP contribution is 2.34. The van der Waals surface area contributed by atoms with E-state index in [-0.39, 0.29) is 0 Å². The van der Waals surface area contributed by atoms with E-state index in [2.05, 4.69) is 19.2 Å². The number of benzene rings is 1. The van der Waals surface area contributed by atoms with E-state index in [1.807, 2.05) is 18.2 Å². The molecule has 0 aliphatic heterocycles. The predicted octanol–water partition coefficient (Wildman–Crippen LogP) is 3.90. The Labute approximate surface area is 116 Å². The molecule has 19 heavy (non-hydrogen) atoms. The van der Waals surface area contributed by atoms with Crippen LogP contribution >= 0.6 is 0 Å². The number of methoxy groups -OCH3 is 1. The highest BCUT2D eigenvalue weighted by atomic mass is 16.5. The summed E-state index contributed by atoms with van der Waals surface area (Å²) in [6.45, 7) is 4.64. The Morgan fingerprint density at radius 2 is 2.00 bits per heavy atom. The Bertz CT molecular complexity index is 417. The summed E-state index contributed by atoms with van der Waals surface area (Å²) in [6, 6.07) is 6.42. The van der Waals surface area contributed by atoms with Crippen LogP contribution in [0.3, 0.4) is 0 Å². The number of hydrogen-bond acceptors (Lipinski definition) is 3. The second-order valence-electron chi connectivity index (χ2n) is 5.90. The summed E-state index contributed by atoms with van der Waals surface area (Å²) < 4.78 is 5.19. The van der Waals surface area contributed by atoms with E-state index in [4.69, 9.17) is 10.5 Å². The number of hydrogen-bond donors (Lipinski definition) is 2. The van der Waals surface area contributed by atoms with Crippen LogP contribution in [0, 0.1) is 11.8 Å². The number of nitrogens with one attached hydrogen (secondary N) is 1. The van der Waals surface area contributed by atoms with Gasteiger partial charge in [-0.15, -0.1) is 0 Å². The Morgan fingerprint density at radius 1 is 1.26 bits per heavy atom. The number of ether oxygens (including phenoxy) is 1. The van der Waals surface area contributed by atoms with Crippen molar-refractivity contribution in [3.63, 3.8) is 0 Å². The van der Waals surface area contributed by atoms with Gasteiger partial charge in [0.15, 0.2) is 0 Å². The van der Waals surface area contributed by atoms with E-state index in [0.717, 1.165) is 29.0 Å². The van der Waals surface area contributed by atoms with Crippen LogP contribution in [0.5, 0.6) is 5.75 Å². The molecule has 3 heteroatoms. The zero-order valence-corrected chi connectivity index (χ0v) is 12.3. The molecule has 2 rings (SSSR count). The Hall–Kier alpha value is -1.38. The minimum Gasteiger partial charge on any atom is -0.497 e. The molecule has 1 aliphatic rings. The van der Waals surface area contributed by atoms with Gasteiger partial charge in [-0.2, -0.15) is 0 Å². The van der Waals surface area contributed by atoms with Crippen molar-refractivity contribution in [3.8, 4) is 5.75 Å². The summed E-state index contributed by atoms with van der Waals surface area (Å²) in [5.74, 6) is 2.28. The van der Waals surface area contributed by atoms with Crippen molar-refractivity contribution in [1.82, 2.24) is 0 Å². The monoisotopic (exact) mass is 262 g/mol. The standard InChI is InChI=1S/C16H26N2O/c1-11(2)13-6-4-5-7-15(13)18-16-9-8-12(19-3)10-14(16)17/h8-11,13,15,18H,4-7,17H2,1-3H3. The topological polar surface area (TPSA) is 47.3 Å². The molecular weight excluding hydrogens is 236 g/mol. The average Bonchev–Trinajstić information content (AvgIpc) is 2.41. The molecule has 0 spiro atoms. The van der Waals surface area contributed by atoms with Crippen LogP contribution in [0.25, 0.3) is 0 Å². The van der Waals surface area contributed by atoms with Gasteiger partial charge in [0.25, 0.3) is 0 Å². The van der Waals surface area contributed by atoms with Crippen LogP contribution in [0.15, 0.2) is 18.2 Å². The SMILES string of the molecule is COc1ccc(NC2CCCCC2C(C)C)c(N)c1. The molecule has 1 fully saturated rings. The van der Waals surface area contributed by atoms with Crippen LogP contribution in [0.2, 0.25) is 0 Å². The van der Waals surface area contributed by atoms with E-state index < -0.39 is 0 Å². The lowest BCUT2D eigenvalue weighted by atomic mass is 9.77. The predicted molar refractivity (Wildman–Crippen MR) is 81.6 cm³/mol. The van der Waals surface area contributed by atoms with Gasteiger partial charge in [0.1, 0.15) is 5.75 Å². The molecule has 1 saturated carbocycles. The van der Waals surface area contributed by atoms with Crippen molar-refractivity contribution in [1.29, 1.82) is 0 Å². The molecule has 1 aliphatic carbocycles. The largest absolute Gasteiger partial charge is 0.497 e. The number of rotatable bonds is 4. The molecule has 3 nitrogen and oxygen atoms in total. The van der Waals surface area contributed by atoms with Gasteiger partial charge in [-0.1, -0.05) is 26.7 Å². The molecule has 2 unspecified atom stereocenters. The first-order valence-corrected chi connectivity index (χ1v) is 7.32. The quantitative estimate of drug-likeness (QED) is 0.809. The highest BCUT2D eigenvalue weighted by molar-refractivity contribution is 5.68. The Morgan fingerprint density at radius 3 is 2.63 bits per heavy atom. The first-order chi connectivity index (χ1) is 9.11. The molecule has 0 saturated heterocycles. The smallest absolute Gasteiger partial charge is 0.121 e. The van der Waals surface area contributed by atoms with Gasteiger partial charge < -0.3 is 15.8 Å². The lowest BCUT2D eigenvalue weighted by Gasteiger charge is -2.35. The number of nitrogen functional groups attached to an aromatic ring is 1. The fourth-order valence-electron chi connectivity index (χ4n) is 3.14. The zero-order chi connectivity index (χ0) is 13.8. The maximum absolute atomic E-state index is 6.09. The van der Waals surface area contributed by atoms with Crippen LogP contribution in [0.4, 0.5) is 11.4 Å². The summed E-state index contributed by atoms with van der Waals surface area (Å²) >= 11 is 0. The molecule has 1 aromatic rings. The molecule has 0 bridgehead atoms. The van der Waals surface area contributed by atoms with Gasteiger partial charge in [-0.05, 0) is 36.8 Å². The van der Waals surface area contributed by atoms with Crippen molar-refractivity contribution >= 4 is 11.4 Å². The molecule has 0 aromatic heterocycles. The third kappa shape index (κ3) is 3.34. The fourth-order valence-corrected chi connectivity index (χ4v) is 3.14. The molecule has 106 valence electrons. The molecule has 3 N–H and O–H groups in total. The van der Waals surface area contributed by atoms with Crippen LogP contribution in [-0.2, 0) is 0 Å². The van der Waals surface area contributed by atoms with Gasteiger partial charge in [0.2, 0.25) is 0 Å². The van der Waals surface area contributed by atoms with Crippen molar-refractivity contribution in [2.45, 2.75) is 45.6 Å². The van der Waals surface area contributed by atoms with Gasteiger partial charge in [-0.3, -0.25) is 0 Å². The van der Waals surface area contributed by atoms with Crippen molar-refractivity contribution in [2.75, 3.05) is 18.2 Å². The van der Waals surface area contributed by atoms with Crippen molar-refractivity contribution < 1.29 is 4.74 Å². The van der Waals surface area contributed by atoms with Crippen molar-refractivity contribution in [2.24, 2.45) is 11.8 Å². The van der Waals surface area contributed by atoms with Crippen LogP contribution in [0.1, 0.15) is 39.5 Å². The number of anilines is 2. The molecule has 1 aromatic carbocycles. The van der Waals surface area contributed by atoms with Gasteiger partial charge in [0, 0.05) is 12.1 Å². The molecule has 0 heterocycles. The van der Waals surface area contributed by atoms with Crippen LogP contribution < -0.4 is 15.8 Å². The first kappa shape index (κ1) is 14.0. The van der Waals surface area contributed by atoms with E-state index in [9.17, 15) is 0 Å². The average molecular weight is 262 g/mol. The second-order valence-corrected chi connectivity index (χ2v) is 5.90. The summed E-state index contributed by atoms with van der Waals surface area (Å²) in [5, 5.41) is 3.65. The summed E-state index contributed by atoms with van der Waals surface area (Å²) in [4.78, 5) is 0. The molecule has 0 amide bonds. The Balaban J connectivity index is 2.10. The fraction of sp³-hybridized carbons (Fsp3) is 0.625. The molecule has 0 radical (unpaired) electrons. The maximum atomic E-state index is 6.09.